The Kier molecular flexibility index (Phi) is 8.43. The van der Waals surface area contributed by atoms with Crippen LogP contribution in [-0.4, -0.2) is 37.0 Å². The molecule has 0 radical (unpaired) electrons. The molecular formula is C22H23ClN2O4. The minimum Gasteiger partial charge on any atom is -0.452 e. The van der Waals surface area contributed by atoms with Crippen molar-refractivity contribution in [3.63, 3.8) is 0 Å². The van der Waals surface area contributed by atoms with Gasteiger partial charge in [0.1, 0.15) is 0 Å². The van der Waals surface area contributed by atoms with E-state index in [4.69, 9.17) is 16.3 Å². The number of hydrogen-bond donors (Lipinski definition) is 2. The number of esters is 1. The fraction of sp³-hybridized carbons (Fsp3) is 0.227. The fourth-order valence-corrected chi connectivity index (χ4v) is 2.54. The molecule has 2 aromatic carbocycles. The number of benzene rings is 2. The Bertz CT molecular complexity index is 877. The summed E-state index contributed by atoms with van der Waals surface area (Å²) >= 11 is 5.93. The van der Waals surface area contributed by atoms with Crippen LogP contribution in [0.3, 0.4) is 0 Å². The lowest BCUT2D eigenvalue weighted by atomic mass is 10.0. The van der Waals surface area contributed by atoms with Gasteiger partial charge in [0.2, 0.25) is 5.91 Å². The summed E-state index contributed by atoms with van der Waals surface area (Å²) in [6, 6.07) is 16.0. The Labute approximate surface area is 174 Å². The summed E-state index contributed by atoms with van der Waals surface area (Å²) in [5, 5.41) is 5.61. The maximum absolute atomic E-state index is 12.6. The summed E-state index contributed by atoms with van der Waals surface area (Å²) in [5.41, 5.74) is 1.71. The second kappa shape index (κ2) is 11.0. The quantitative estimate of drug-likeness (QED) is 0.395. The first kappa shape index (κ1) is 22.2. The van der Waals surface area contributed by atoms with Crippen LogP contribution < -0.4 is 10.6 Å². The first-order valence-corrected chi connectivity index (χ1v) is 9.49. The third kappa shape index (κ3) is 7.79. The monoisotopic (exact) mass is 414 g/mol. The highest BCUT2D eigenvalue weighted by Crippen LogP contribution is 2.22. The predicted octanol–water partition coefficient (Wildman–Crippen LogP) is 3.06. The topological polar surface area (TPSA) is 84.5 Å². The molecule has 2 rings (SSSR count). The lowest BCUT2D eigenvalue weighted by Gasteiger charge is -2.11. The van der Waals surface area contributed by atoms with E-state index < -0.39 is 18.5 Å². The van der Waals surface area contributed by atoms with Gasteiger partial charge in [0.05, 0.1) is 12.1 Å². The van der Waals surface area contributed by atoms with Crippen LogP contribution in [0.4, 0.5) is 0 Å². The van der Waals surface area contributed by atoms with Crippen molar-refractivity contribution in [1.29, 1.82) is 0 Å². The zero-order chi connectivity index (χ0) is 21.2. The molecule has 6 nitrogen and oxygen atoms in total. The van der Waals surface area contributed by atoms with E-state index in [1.165, 1.54) is 0 Å². The van der Waals surface area contributed by atoms with Crippen LogP contribution in [0, 0.1) is 0 Å². The van der Waals surface area contributed by atoms with Crippen LogP contribution in [0.2, 0.25) is 5.02 Å². The standard InChI is InChI=1S/C22H23ClN2O4/c1-15(2)25-20(26)13-24-21(27)14-29-22(28)19(12-16-6-4-3-5-7-16)17-8-10-18(23)11-9-17/h3-12,15H,13-14H2,1-2H3,(H,24,27)(H,25,26)/b19-12+. The van der Waals surface area contributed by atoms with Gasteiger partial charge in [-0.1, -0.05) is 54.1 Å². The van der Waals surface area contributed by atoms with Crippen molar-refractivity contribution in [2.24, 2.45) is 0 Å². The Morgan fingerprint density at radius 1 is 1.00 bits per heavy atom. The number of ether oxygens (including phenoxy) is 1. The second-order valence-electron chi connectivity index (χ2n) is 6.55. The van der Waals surface area contributed by atoms with Gasteiger partial charge in [-0.25, -0.2) is 4.79 Å². The van der Waals surface area contributed by atoms with Gasteiger partial charge in [0.15, 0.2) is 6.61 Å². The van der Waals surface area contributed by atoms with E-state index in [0.29, 0.717) is 16.2 Å². The molecule has 0 aromatic heterocycles. The summed E-state index contributed by atoms with van der Waals surface area (Å²) < 4.78 is 5.15. The van der Waals surface area contributed by atoms with E-state index in [-0.39, 0.29) is 18.5 Å². The molecule has 0 aliphatic rings. The zero-order valence-corrected chi connectivity index (χ0v) is 17.0. The molecule has 2 N–H and O–H groups in total. The van der Waals surface area contributed by atoms with Gasteiger partial charge in [0, 0.05) is 11.1 Å². The number of nitrogens with one attached hydrogen (secondary N) is 2. The maximum Gasteiger partial charge on any atom is 0.339 e. The summed E-state index contributed by atoms with van der Waals surface area (Å²) in [4.78, 5) is 36.1. The molecule has 0 unspecified atom stereocenters. The minimum atomic E-state index is -0.655. The minimum absolute atomic E-state index is 0.0257. The molecule has 0 saturated heterocycles. The molecular weight excluding hydrogens is 392 g/mol. The molecule has 2 aromatic rings. The third-order valence-electron chi connectivity index (χ3n) is 3.72. The van der Waals surface area contributed by atoms with Gasteiger partial charge in [-0.3, -0.25) is 9.59 Å². The first-order chi connectivity index (χ1) is 13.8. The summed E-state index contributed by atoms with van der Waals surface area (Å²) in [5.74, 6) is -1.53. The van der Waals surface area contributed by atoms with E-state index in [0.717, 1.165) is 5.56 Å². The van der Waals surface area contributed by atoms with Crippen LogP contribution in [0.1, 0.15) is 25.0 Å². The summed E-state index contributed by atoms with van der Waals surface area (Å²) in [6.07, 6.45) is 1.68. The molecule has 0 bridgehead atoms. The van der Waals surface area contributed by atoms with Crippen LogP contribution in [0.15, 0.2) is 54.6 Å². The van der Waals surface area contributed by atoms with Crippen LogP contribution in [0.25, 0.3) is 11.6 Å². The average molecular weight is 415 g/mol. The molecule has 0 aliphatic heterocycles. The van der Waals surface area contributed by atoms with Gasteiger partial charge in [0.25, 0.3) is 5.91 Å². The van der Waals surface area contributed by atoms with Gasteiger partial charge >= 0.3 is 5.97 Å². The normalized spacial score (nSPS) is 11.1. The lowest BCUT2D eigenvalue weighted by molar-refractivity contribution is -0.143. The van der Waals surface area contributed by atoms with Crippen LogP contribution in [-0.2, 0) is 19.1 Å². The summed E-state index contributed by atoms with van der Waals surface area (Å²) in [6.45, 7) is 2.96. The van der Waals surface area contributed by atoms with Crippen LogP contribution in [0.5, 0.6) is 0 Å². The second-order valence-corrected chi connectivity index (χ2v) is 6.99. The molecule has 0 spiro atoms. The van der Waals surface area contributed by atoms with Gasteiger partial charge in [-0.15, -0.1) is 0 Å². The van der Waals surface area contributed by atoms with Crippen LogP contribution >= 0.6 is 11.6 Å². The van der Waals surface area contributed by atoms with E-state index >= 15 is 0 Å². The zero-order valence-electron chi connectivity index (χ0n) is 16.3. The van der Waals surface area contributed by atoms with E-state index in [1.54, 1.807) is 30.3 Å². The number of hydrogen-bond acceptors (Lipinski definition) is 4. The SMILES string of the molecule is CC(C)NC(=O)CNC(=O)COC(=O)/C(=C/c1ccccc1)c1ccc(Cl)cc1. The van der Waals surface area contributed by atoms with Gasteiger partial charge in [-0.05, 0) is 43.2 Å². The number of halogens is 1. The molecule has 0 saturated carbocycles. The molecule has 0 heterocycles. The van der Waals surface area contributed by atoms with Crippen molar-refractivity contribution >= 4 is 41.0 Å². The Morgan fingerprint density at radius 3 is 2.28 bits per heavy atom. The predicted molar refractivity (Wildman–Crippen MR) is 113 cm³/mol. The highest BCUT2D eigenvalue weighted by atomic mass is 35.5. The van der Waals surface area contributed by atoms with Crippen molar-refractivity contribution in [2.45, 2.75) is 19.9 Å². The molecule has 0 atom stereocenters. The highest BCUT2D eigenvalue weighted by Gasteiger charge is 2.16. The average Bonchev–Trinajstić information content (AvgIpc) is 2.70. The van der Waals surface area contributed by atoms with Crippen molar-refractivity contribution in [3.05, 3.63) is 70.7 Å². The van der Waals surface area contributed by atoms with Crippen molar-refractivity contribution < 1.29 is 19.1 Å². The van der Waals surface area contributed by atoms with Crippen molar-refractivity contribution in [3.8, 4) is 0 Å². The Balaban J connectivity index is 2.04. The molecule has 0 aliphatic carbocycles. The molecule has 7 heteroatoms. The number of carbonyl (C=O) groups excluding carboxylic acids is 3. The van der Waals surface area contributed by atoms with Gasteiger partial charge in [-0.2, -0.15) is 0 Å². The number of carbonyl (C=O) groups is 3. The maximum atomic E-state index is 12.6. The van der Waals surface area contributed by atoms with E-state index in [1.807, 2.05) is 44.2 Å². The lowest BCUT2D eigenvalue weighted by Crippen LogP contribution is -2.41. The van der Waals surface area contributed by atoms with Crippen molar-refractivity contribution in [2.75, 3.05) is 13.2 Å². The Morgan fingerprint density at radius 2 is 1.66 bits per heavy atom. The summed E-state index contributed by atoms with van der Waals surface area (Å²) in [7, 11) is 0. The third-order valence-corrected chi connectivity index (χ3v) is 3.97. The van der Waals surface area contributed by atoms with E-state index in [2.05, 4.69) is 10.6 Å². The molecule has 2 amide bonds. The van der Waals surface area contributed by atoms with Gasteiger partial charge < -0.3 is 15.4 Å². The molecule has 0 fully saturated rings. The number of rotatable bonds is 8. The molecule has 29 heavy (non-hydrogen) atoms. The molecule has 152 valence electrons. The first-order valence-electron chi connectivity index (χ1n) is 9.11. The fourth-order valence-electron chi connectivity index (χ4n) is 2.42. The highest BCUT2D eigenvalue weighted by molar-refractivity contribution is 6.30. The number of amides is 2. The Hall–Kier alpha value is -3.12. The van der Waals surface area contributed by atoms with Crippen molar-refractivity contribution in [1.82, 2.24) is 10.6 Å². The largest absolute Gasteiger partial charge is 0.452 e. The smallest absolute Gasteiger partial charge is 0.339 e. The van der Waals surface area contributed by atoms with E-state index in [9.17, 15) is 14.4 Å².